The molecule has 0 saturated carbocycles. The zero-order valence-electron chi connectivity index (χ0n) is 23.5. The highest BCUT2D eigenvalue weighted by Gasteiger charge is 2.37. The fraction of sp³-hybridized carbons (Fsp3) is 0.400. The summed E-state index contributed by atoms with van der Waals surface area (Å²) < 4.78 is 21.0. The molecule has 4 heterocycles. The van der Waals surface area contributed by atoms with Crippen molar-refractivity contribution in [3.63, 3.8) is 0 Å². The van der Waals surface area contributed by atoms with Gasteiger partial charge in [-0.1, -0.05) is 24.3 Å². The van der Waals surface area contributed by atoms with Crippen LogP contribution in [0.25, 0.3) is 11.3 Å². The molecule has 2 aliphatic heterocycles. The Hall–Kier alpha value is -3.93. The van der Waals surface area contributed by atoms with Crippen LogP contribution in [0.4, 0.5) is 4.39 Å². The van der Waals surface area contributed by atoms with E-state index in [0.717, 1.165) is 28.2 Å². The largest absolute Gasteiger partial charge is 0.383 e. The second kappa shape index (κ2) is 12.7. The van der Waals surface area contributed by atoms with Gasteiger partial charge in [0.25, 0.3) is 0 Å². The van der Waals surface area contributed by atoms with Gasteiger partial charge in [0.05, 0.1) is 36.1 Å². The highest BCUT2D eigenvalue weighted by atomic mass is 19.1. The van der Waals surface area contributed by atoms with Crippen molar-refractivity contribution in [1.82, 2.24) is 30.0 Å². The number of hydroxylamine groups is 2. The van der Waals surface area contributed by atoms with Crippen molar-refractivity contribution in [1.29, 1.82) is 0 Å². The Morgan fingerprint density at radius 2 is 2.02 bits per heavy atom. The lowest BCUT2D eigenvalue weighted by atomic mass is 10.00. The summed E-state index contributed by atoms with van der Waals surface area (Å²) in [5, 5.41) is 9.80. The number of rotatable bonds is 9. The summed E-state index contributed by atoms with van der Waals surface area (Å²) in [5.74, 6) is -0.752. The van der Waals surface area contributed by atoms with Crippen LogP contribution in [-0.4, -0.2) is 82.5 Å². The van der Waals surface area contributed by atoms with Crippen molar-refractivity contribution < 1.29 is 23.6 Å². The van der Waals surface area contributed by atoms with E-state index in [-0.39, 0.29) is 18.2 Å². The molecular formula is C30H35FN6O4. The molecule has 1 saturated heterocycles. The van der Waals surface area contributed by atoms with Gasteiger partial charge in [-0.2, -0.15) is 14.6 Å². The summed E-state index contributed by atoms with van der Waals surface area (Å²) in [7, 11) is 1.61. The van der Waals surface area contributed by atoms with Crippen LogP contribution < -0.4 is 5.32 Å². The molecule has 0 aliphatic carbocycles. The molecule has 11 heteroatoms. The van der Waals surface area contributed by atoms with E-state index in [1.165, 1.54) is 12.3 Å². The van der Waals surface area contributed by atoms with Crippen molar-refractivity contribution in [2.24, 2.45) is 0 Å². The van der Waals surface area contributed by atoms with E-state index < -0.39 is 18.1 Å². The lowest BCUT2D eigenvalue weighted by Crippen LogP contribution is -2.41. The molecule has 1 fully saturated rings. The standard InChI is InChI=1S/C30H35FN6O4/c1-20-26(37(24-7-5-4-6-8-24)34-29(20)22-10-13-35(14-11-22)21(2)38)18-28(39)33-25-19-36(15-16-40-3)41-30(25)23-9-12-32-27(31)17-23/h4-10,12,17,25,30H,11,13-16,18-19H2,1-3H3,(H,33,39)/t25-,30+/m1/s1. The highest BCUT2D eigenvalue weighted by molar-refractivity contribution is 5.80. The number of benzene rings is 1. The zero-order chi connectivity index (χ0) is 28.9. The summed E-state index contributed by atoms with van der Waals surface area (Å²) in [6, 6.07) is 12.3. The normalized spacial score (nSPS) is 19.3. The van der Waals surface area contributed by atoms with Crippen molar-refractivity contribution >= 4 is 17.4 Å². The van der Waals surface area contributed by atoms with Crippen LogP contribution in [0.15, 0.2) is 54.7 Å². The van der Waals surface area contributed by atoms with Gasteiger partial charge in [0.2, 0.25) is 17.8 Å². The lowest BCUT2D eigenvalue weighted by molar-refractivity contribution is -0.154. The van der Waals surface area contributed by atoms with E-state index >= 15 is 0 Å². The summed E-state index contributed by atoms with van der Waals surface area (Å²) in [5.41, 5.74) is 5.05. The van der Waals surface area contributed by atoms with Crippen LogP contribution >= 0.6 is 0 Å². The second-order valence-electron chi connectivity index (χ2n) is 10.3. The quantitative estimate of drug-likeness (QED) is 0.400. The van der Waals surface area contributed by atoms with Crippen LogP contribution in [0.3, 0.4) is 0 Å². The molecular weight excluding hydrogens is 527 g/mol. The number of methoxy groups -OCH3 is 1. The molecule has 2 aromatic heterocycles. The molecule has 41 heavy (non-hydrogen) atoms. The molecule has 2 aliphatic rings. The SMILES string of the molecule is COCCN1C[C@@H](NC(=O)Cc2c(C)c(C3=CCN(C(C)=O)CC3)nn2-c2ccccc2)[C@H](c2ccnc(F)c2)O1. The summed E-state index contributed by atoms with van der Waals surface area (Å²) >= 11 is 0. The number of para-hydroxylation sites is 1. The number of amides is 2. The zero-order valence-corrected chi connectivity index (χ0v) is 23.5. The topological polar surface area (TPSA) is 102 Å². The number of pyridine rings is 1. The van der Waals surface area contributed by atoms with E-state index in [1.54, 1.807) is 30.1 Å². The van der Waals surface area contributed by atoms with Gasteiger partial charge in [0.1, 0.15) is 6.10 Å². The Balaban J connectivity index is 1.40. The van der Waals surface area contributed by atoms with Crippen LogP contribution in [0, 0.1) is 12.9 Å². The average Bonchev–Trinajstić information content (AvgIpc) is 3.52. The van der Waals surface area contributed by atoms with Gasteiger partial charge in [-0.25, -0.2) is 9.67 Å². The molecule has 0 spiro atoms. The van der Waals surface area contributed by atoms with E-state index in [4.69, 9.17) is 14.7 Å². The molecule has 1 N–H and O–H groups in total. The first kappa shape index (κ1) is 28.6. The number of halogens is 1. The summed E-state index contributed by atoms with van der Waals surface area (Å²) in [6.45, 7) is 6.11. The van der Waals surface area contributed by atoms with Crippen LogP contribution in [0.1, 0.15) is 42.0 Å². The fourth-order valence-electron chi connectivity index (χ4n) is 5.34. The van der Waals surface area contributed by atoms with Gasteiger partial charge in [-0.05, 0) is 54.3 Å². The molecule has 0 bridgehead atoms. The van der Waals surface area contributed by atoms with Gasteiger partial charge >= 0.3 is 0 Å². The molecule has 0 radical (unpaired) electrons. The van der Waals surface area contributed by atoms with Crippen molar-refractivity contribution in [2.45, 2.75) is 38.8 Å². The van der Waals surface area contributed by atoms with Crippen molar-refractivity contribution in [3.05, 3.63) is 83.2 Å². The molecule has 5 rings (SSSR count). The predicted molar refractivity (Wildman–Crippen MR) is 150 cm³/mol. The number of carbonyl (C=O) groups excluding carboxylic acids is 2. The number of ether oxygens (including phenoxy) is 1. The monoisotopic (exact) mass is 562 g/mol. The van der Waals surface area contributed by atoms with Gasteiger partial charge in [0, 0.05) is 46.4 Å². The minimum Gasteiger partial charge on any atom is -0.383 e. The molecule has 2 amide bonds. The average molecular weight is 563 g/mol. The van der Waals surface area contributed by atoms with Gasteiger partial charge in [0.15, 0.2) is 0 Å². The number of aromatic nitrogens is 3. The highest BCUT2D eigenvalue weighted by Crippen LogP contribution is 2.31. The van der Waals surface area contributed by atoms with Crippen molar-refractivity contribution in [2.75, 3.05) is 39.9 Å². The first-order valence-electron chi connectivity index (χ1n) is 13.7. The van der Waals surface area contributed by atoms with Gasteiger partial charge in [-0.15, -0.1) is 0 Å². The molecule has 3 aromatic rings. The van der Waals surface area contributed by atoms with Crippen LogP contribution in [-0.2, 0) is 25.6 Å². The maximum atomic E-state index is 13.9. The van der Waals surface area contributed by atoms with Gasteiger partial charge in [-0.3, -0.25) is 14.4 Å². The number of hydrogen-bond acceptors (Lipinski definition) is 7. The summed E-state index contributed by atoms with van der Waals surface area (Å²) in [4.78, 5) is 36.9. The molecule has 216 valence electrons. The van der Waals surface area contributed by atoms with E-state index in [0.29, 0.717) is 44.8 Å². The fourth-order valence-corrected chi connectivity index (χ4v) is 5.34. The third kappa shape index (κ3) is 6.53. The third-order valence-electron chi connectivity index (χ3n) is 7.53. The van der Waals surface area contributed by atoms with E-state index in [2.05, 4.69) is 10.3 Å². The number of hydrogen-bond donors (Lipinski definition) is 1. The number of carbonyl (C=O) groups is 2. The molecule has 0 unspecified atom stereocenters. The Morgan fingerprint density at radius 3 is 2.71 bits per heavy atom. The van der Waals surface area contributed by atoms with E-state index in [1.807, 2.05) is 48.0 Å². The van der Waals surface area contributed by atoms with Crippen molar-refractivity contribution in [3.8, 4) is 5.69 Å². The maximum absolute atomic E-state index is 13.9. The van der Waals surface area contributed by atoms with Crippen LogP contribution in [0.5, 0.6) is 0 Å². The maximum Gasteiger partial charge on any atom is 0.226 e. The number of nitrogens with zero attached hydrogens (tertiary/aromatic N) is 5. The smallest absolute Gasteiger partial charge is 0.226 e. The van der Waals surface area contributed by atoms with E-state index in [9.17, 15) is 14.0 Å². The summed E-state index contributed by atoms with van der Waals surface area (Å²) in [6.07, 6.45) is 3.65. The molecule has 2 atom stereocenters. The third-order valence-corrected chi connectivity index (χ3v) is 7.53. The predicted octanol–water partition coefficient (Wildman–Crippen LogP) is 3.01. The molecule has 1 aromatic carbocycles. The first-order valence-corrected chi connectivity index (χ1v) is 13.7. The Labute approximate surface area is 238 Å². The minimum absolute atomic E-state index is 0.0497. The minimum atomic E-state index is -0.607. The Kier molecular flexibility index (Phi) is 8.87. The number of nitrogens with one attached hydrogen (secondary N) is 1. The second-order valence-corrected chi connectivity index (χ2v) is 10.3. The lowest BCUT2D eigenvalue weighted by Gasteiger charge is -2.24. The van der Waals surface area contributed by atoms with Crippen LogP contribution in [0.2, 0.25) is 0 Å². The first-order chi connectivity index (χ1) is 19.8. The Morgan fingerprint density at radius 1 is 1.22 bits per heavy atom. The van der Waals surface area contributed by atoms with Gasteiger partial charge < -0.3 is 15.0 Å². The Bertz CT molecular complexity index is 1430. The molecule has 10 nitrogen and oxygen atoms in total.